The van der Waals surface area contributed by atoms with Crippen LogP contribution < -0.4 is 0 Å². The van der Waals surface area contributed by atoms with Gasteiger partial charge in [-0.05, 0) is 33.1 Å². The molecule has 0 aromatic carbocycles. The van der Waals surface area contributed by atoms with E-state index in [4.69, 9.17) is 4.74 Å². The van der Waals surface area contributed by atoms with E-state index in [1.165, 1.54) is 0 Å². The number of aliphatic hydroxyl groups excluding tert-OH is 1. The highest BCUT2D eigenvalue weighted by molar-refractivity contribution is 5.68. The fourth-order valence-corrected chi connectivity index (χ4v) is 2.32. The maximum absolute atomic E-state index is 11.9. The van der Waals surface area contributed by atoms with Crippen LogP contribution >= 0.6 is 0 Å². The van der Waals surface area contributed by atoms with Gasteiger partial charge in [-0.1, -0.05) is 13.3 Å². The van der Waals surface area contributed by atoms with Gasteiger partial charge in [0.1, 0.15) is 5.60 Å². The quantitative estimate of drug-likeness (QED) is 0.827. The molecule has 2 atom stereocenters. The topological polar surface area (TPSA) is 49.8 Å². The van der Waals surface area contributed by atoms with Crippen molar-refractivity contribution in [3.05, 3.63) is 0 Å². The molecule has 1 saturated heterocycles. The number of ether oxygens (including phenoxy) is 1. The first-order chi connectivity index (χ1) is 7.87. The lowest BCUT2D eigenvalue weighted by Crippen LogP contribution is -2.35. The van der Waals surface area contributed by atoms with E-state index >= 15 is 0 Å². The molecule has 0 aromatic rings. The van der Waals surface area contributed by atoms with Gasteiger partial charge < -0.3 is 14.7 Å². The average Bonchev–Trinajstić information content (AvgIpc) is 2.59. The zero-order valence-corrected chi connectivity index (χ0v) is 11.4. The molecule has 4 heteroatoms. The SMILES string of the molecule is CCC[C@@H]1CN(C(=O)OC(C)(C)C)C[C@H]1CO. The molecule has 1 fully saturated rings. The van der Waals surface area contributed by atoms with E-state index in [2.05, 4.69) is 6.92 Å². The van der Waals surface area contributed by atoms with Gasteiger partial charge in [0.25, 0.3) is 0 Å². The summed E-state index contributed by atoms with van der Waals surface area (Å²) < 4.78 is 5.35. The van der Waals surface area contributed by atoms with Gasteiger partial charge in [0.05, 0.1) is 0 Å². The van der Waals surface area contributed by atoms with Crippen molar-refractivity contribution in [2.75, 3.05) is 19.7 Å². The maximum atomic E-state index is 11.9. The molecule has 0 aliphatic carbocycles. The van der Waals surface area contributed by atoms with E-state index in [0.717, 1.165) is 12.8 Å². The Labute approximate surface area is 104 Å². The highest BCUT2D eigenvalue weighted by Gasteiger charge is 2.35. The lowest BCUT2D eigenvalue weighted by atomic mass is 9.93. The minimum atomic E-state index is -0.450. The van der Waals surface area contributed by atoms with Gasteiger partial charge in [-0.2, -0.15) is 0 Å². The van der Waals surface area contributed by atoms with Gasteiger partial charge >= 0.3 is 6.09 Å². The van der Waals surface area contributed by atoms with E-state index in [1.54, 1.807) is 4.90 Å². The Hall–Kier alpha value is -0.770. The van der Waals surface area contributed by atoms with Crippen molar-refractivity contribution in [2.24, 2.45) is 11.8 Å². The van der Waals surface area contributed by atoms with Crippen LogP contribution in [-0.2, 0) is 4.74 Å². The van der Waals surface area contributed by atoms with Crippen LogP contribution in [0, 0.1) is 11.8 Å². The predicted molar refractivity (Wildman–Crippen MR) is 66.8 cm³/mol. The molecule has 1 heterocycles. The van der Waals surface area contributed by atoms with Crippen LogP contribution in [0.5, 0.6) is 0 Å². The molecular weight excluding hydrogens is 218 g/mol. The Bertz CT molecular complexity index is 260. The fourth-order valence-electron chi connectivity index (χ4n) is 2.32. The molecule has 0 aromatic heterocycles. The summed E-state index contributed by atoms with van der Waals surface area (Å²) in [6.45, 7) is 9.23. The Balaban J connectivity index is 2.54. The van der Waals surface area contributed by atoms with Gasteiger partial charge in [0.15, 0.2) is 0 Å². The summed E-state index contributed by atoms with van der Waals surface area (Å²) in [6.07, 6.45) is 1.89. The third-order valence-electron chi connectivity index (χ3n) is 3.12. The van der Waals surface area contributed by atoms with E-state index in [9.17, 15) is 9.90 Å². The molecule has 17 heavy (non-hydrogen) atoms. The maximum Gasteiger partial charge on any atom is 0.410 e. The first-order valence-electron chi connectivity index (χ1n) is 6.46. The highest BCUT2D eigenvalue weighted by Crippen LogP contribution is 2.28. The Morgan fingerprint density at radius 3 is 2.41 bits per heavy atom. The fraction of sp³-hybridized carbons (Fsp3) is 0.923. The predicted octanol–water partition coefficient (Wildman–Crippen LogP) is 2.26. The minimum absolute atomic E-state index is 0.157. The third kappa shape index (κ3) is 4.19. The first-order valence-corrected chi connectivity index (χ1v) is 6.46. The lowest BCUT2D eigenvalue weighted by molar-refractivity contribution is 0.0280. The van der Waals surface area contributed by atoms with E-state index in [0.29, 0.717) is 19.0 Å². The average molecular weight is 243 g/mol. The molecule has 1 N–H and O–H groups in total. The van der Waals surface area contributed by atoms with Crippen LogP contribution in [0.15, 0.2) is 0 Å². The number of nitrogens with zero attached hydrogens (tertiary/aromatic N) is 1. The van der Waals surface area contributed by atoms with Crippen LogP contribution in [0.1, 0.15) is 40.5 Å². The van der Waals surface area contributed by atoms with Crippen LogP contribution in [0.2, 0.25) is 0 Å². The van der Waals surface area contributed by atoms with Gasteiger partial charge in [-0.15, -0.1) is 0 Å². The van der Waals surface area contributed by atoms with Crippen molar-refractivity contribution < 1.29 is 14.6 Å². The van der Waals surface area contributed by atoms with Crippen molar-refractivity contribution >= 4 is 6.09 Å². The van der Waals surface area contributed by atoms with E-state index < -0.39 is 5.60 Å². The van der Waals surface area contributed by atoms with Crippen molar-refractivity contribution in [3.8, 4) is 0 Å². The van der Waals surface area contributed by atoms with Gasteiger partial charge in [-0.3, -0.25) is 0 Å². The molecule has 1 amide bonds. The summed E-state index contributed by atoms with van der Waals surface area (Å²) in [6, 6.07) is 0. The summed E-state index contributed by atoms with van der Waals surface area (Å²) >= 11 is 0. The number of amides is 1. The lowest BCUT2D eigenvalue weighted by Gasteiger charge is -2.24. The van der Waals surface area contributed by atoms with Crippen molar-refractivity contribution in [3.63, 3.8) is 0 Å². The summed E-state index contributed by atoms with van der Waals surface area (Å²) in [7, 11) is 0. The molecule has 0 unspecified atom stereocenters. The van der Waals surface area contributed by atoms with Crippen LogP contribution in [-0.4, -0.2) is 41.4 Å². The first kappa shape index (κ1) is 14.3. The van der Waals surface area contributed by atoms with Crippen molar-refractivity contribution in [1.29, 1.82) is 0 Å². The number of aliphatic hydroxyl groups is 1. The minimum Gasteiger partial charge on any atom is -0.444 e. The summed E-state index contributed by atoms with van der Waals surface area (Å²) in [4.78, 5) is 13.6. The zero-order chi connectivity index (χ0) is 13.1. The second-order valence-corrected chi connectivity index (χ2v) is 5.88. The number of likely N-dealkylation sites (tertiary alicyclic amines) is 1. The Morgan fingerprint density at radius 2 is 1.94 bits per heavy atom. The summed E-state index contributed by atoms with van der Waals surface area (Å²) in [5.74, 6) is 0.625. The normalized spacial score (nSPS) is 25.1. The van der Waals surface area contributed by atoms with Gasteiger partial charge in [0, 0.05) is 25.6 Å². The molecule has 1 aliphatic heterocycles. The summed E-state index contributed by atoms with van der Waals surface area (Å²) in [5.41, 5.74) is -0.450. The van der Waals surface area contributed by atoms with E-state index in [-0.39, 0.29) is 18.6 Å². The molecule has 0 saturated carbocycles. The number of hydrogen-bond donors (Lipinski definition) is 1. The molecule has 0 radical (unpaired) electrons. The molecule has 0 spiro atoms. The van der Waals surface area contributed by atoms with Crippen LogP contribution in [0.3, 0.4) is 0 Å². The standard InChI is InChI=1S/C13H25NO3/c1-5-6-10-7-14(8-11(10)9-15)12(16)17-13(2,3)4/h10-11,15H,5-9H2,1-4H3/t10-,11+/m1/s1. The number of rotatable bonds is 3. The second-order valence-electron chi connectivity index (χ2n) is 5.88. The van der Waals surface area contributed by atoms with Crippen LogP contribution in [0.4, 0.5) is 4.79 Å². The molecule has 4 nitrogen and oxygen atoms in total. The number of hydrogen-bond acceptors (Lipinski definition) is 3. The number of carbonyl (C=O) groups is 1. The molecule has 1 aliphatic rings. The Kier molecular flexibility index (Phi) is 4.80. The number of carbonyl (C=O) groups excluding carboxylic acids is 1. The van der Waals surface area contributed by atoms with Crippen LogP contribution in [0.25, 0.3) is 0 Å². The Morgan fingerprint density at radius 1 is 1.35 bits per heavy atom. The zero-order valence-electron chi connectivity index (χ0n) is 11.4. The highest BCUT2D eigenvalue weighted by atomic mass is 16.6. The monoisotopic (exact) mass is 243 g/mol. The molecular formula is C13H25NO3. The van der Waals surface area contributed by atoms with Gasteiger partial charge in [0.2, 0.25) is 0 Å². The largest absolute Gasteiger partial charge is 0.444 e. The molecule has 100 valence electrons. The smallest absolute Gasteiger partial charge is 0.410 e. The molecule has 0 bridgehead atoms. The van der Waals surface area contributed by atoms with Crippen molar-refractivity contribution in [1.82, 2.24) is 4.90 Å². The molecule has 1 rings (SSSR count). The van der Waals surface area contributed by atoms with Crippen molar-refractivity contribution in [2.45, 2.75) is 46.1 Å². The second kappa shape index (κ2) is 5.71. The third-order valence-corrected chi connectivity index (χ3v) is 3.12. The summed E-state index contributed by atoms with van der Waals surface area (Å²) in [5, 5.41) is 9.32. The van der Waals surface area contributed by atoms with Gasteiger partial charge in [-0.25, -0.2) is 4.79 Å². The van der Waals surface area contributed by atoms with E-state index in [1.807, 2.05) is 20.8 Å².